The van der Waals surface area contributed by atoms with Crippen molar-refractivity contribution < 1.29 is 22.9 Å². The molecule has 0 fully saturated rings. The molecule has 0 aromatic carbocycles. The summed E-state index contributed by atoms with van der Waals surface area (Å²) in [5.41, 5.74) is 5.70. The topological polar surface area (TPSA) is 131 Å². The van der Waals surface area contributed by atoms with E-state index in [1.807, 2.05) is 0 Å². The number of aryl methyl sites for hydroxylation is 1. The van der Waals surface area contributed by atoms with E-state index in [1.54, 1.807) is 0 Å². The quantitative estimate of drug-likeness (QED) is 0.633. The van der Waals surface area contributed by atoms with Gasteiger partial charge in [-0.25, -0.2) is 4.98 Å². The smallest absolute Gasteiger partial charge is 0.312 e. The summed E-state index contributed by atoms with van der Waals surface area (Å²) < 4.78 is 30.3. The predicted octanol–water partition coefficient (Wildman–Crippen LogP) is -0.0723. The van der Waals surface area contributed by atoms with Gasteiger partial charge in [-0.1, -0.05) is 0 Å². The largest absolute Gasteiger partial charge is 0.481 e. The molecule has 0 aliphatic rings. The van der Waals surface area contributed by atoms with Gasteiger partial charge in [0.2, 0.25) is 0 Å². The van der Waals surface area contributed by atoms with E-state index in [2.05, 4.69) is 4.98 Å². The van der Waals surface area contributed by atoms with E-state index in [1.165, 1.54) is 6.07 Å². The molecule has 0 spiro atoms. The number of hydrogen-bond donors (Lipinski definition) is 3. The average molecular weight is 246 g/mol. The van der Waals surface area contributed by atoms with Crippen LogP contribution in [0.25, 0.3) is 0 Å². The van der Waals surface area contributed by atoms with Crippen LogP contribution in [0.2, 0.25) is 0 Å². The molecule has 1 aromatic heterocycles. The molecular formula is C8H10N2O5S. The first-order valence-corrected chi connectivity index (χ1v) is 5.69. The highest BCUT2D eigenvalue weighted by atomic mass is 32.2. The highest BCUT2D eigenvalue weighted by molar-refractivity contribution is 7.85. The van der Waals surface area contributed by atoms with E-state index in [9.17, 15) is 13.2 Å². The number of rotatable bonds is 4. The molecule has 16 heavy (non-hydrogen) atoms. The van der Waals surface area contributed by atoms with Crippen molar-refractivity contribution >= 4 is 21.8 Å². The third-order valence-corrected chi connectivity index (χ3v) is 2.47. The van der Waals surface area contributed by atoms with Crippen molar-refractivity contribution in [2.75, 3.05) is 5.73 Å². The minimum absolute atomic E-state index is 0.0445. The first-order valence-electron chi connectivity index (χ1n) is 4.25. The Labute approximate surface area is 91.7 Å². The fourth-order valence-electron chi connectivity index (χ4n) is 1.08. The summed E-state index contributed by atoms with van der Waals surface area (Å²) in [5, 5.41) is 7.87. The van der Waals surface area contributed by atoms with Crippen LogP contribution in [0.4, 0.5) is 5.69 Å². The van der Waals surface area contributed by atoms with Gasteiger partial charge in [-0.15, -0.1) is 0 Å². The number of carboxylic acids is 1. The third-order valence-electron chi connectivity index (χ3n) is 1.74. The number of nitrogens with two attached hydrogens (primary N) is 1. The minimum atomic E-state index is -4.42. The van der Waals surface area contributed by atoms with Crippen molar-refractivity contribution in [3.8, 4) is 0 Å². The summed E-state index contributed by atoms with van der Waals surface area (Å²) in [4.78, 5) is 13.9. The van der Waals surface area contributed by atoms with Gasteiger partial charge in [0.25, 0.3) is 0 Å². The highest BCUT2D eigenvalue weighted by Gasteiger charge is 2.13. The summed E-state index contributed by atoms with van der Waals surface area (Å²) in [6.45, 7) is 0. The number of nitrogens with zero attached hydrogens (tertiary/aromatic N) is 1. The van der Waals surface area contributed by atoms with Crippen LogP contribution in [0.15, 0.2) is 17.2 Å². The SMILES string of the molecule is Nc1cc(CCC(=O)O)nc(S(=O)(=O)O)c1. The van der Waals surface area contributed by atoms with Crippen LogP contribution in [0.3, 0.4) is 0 Å². The van der Waals surface area contributed by atoms with Gasteiger partial charge < -0.3 is 10.8 Å². The molecule has 0 unspecified atom stereocenters. The molecule has 1 aromatic rings. The lowest BCUT2D eigenvalue weighted by Gasteiger charge is -2.03. The van der Waals surface area contributed by atoms with Crippen LogP contribution >= 0.6 is 0 Å². The first-order chi connectivity index (χ1) is 7.29. The number of carbonyl (C=O) groups is 1. The van der Waals surface area contributed by atoms with Crippen LogP contribution in [0.5, 0.6) is 0 Å². The number of anilines is 1. The second-order valence-corrected chi connectivity index (χ2v) is 4.47. The average Bonchev–Trinajstić information content (AvgIpc) is 2.12. The third kappa shape index (κ3) is 3.48. The lowest BCUT2D eigenvalue weighted by Crippen LogP contribution is -2.07. The second-order valence-electron chi connectivity index (χ2n) is 3.10. The number of hydrogen-bond acceptors (Lipinski definition) is 5. The van der Waals surface area contributed by atoms with E-state index >= 15 is 0 Å². The lowest BCUT2D eigenvalue weighted by atomic mass is 10.2. The molecular weight excluding hydrogens is 236 g/mol. The van der Waals surface area contributed by atoms with Gasteiger partial charge in [-0.05, 0) is 6.07 Å². The van der Waals surface area contributed by atoms with Gasteiger partial charge in [0.15, 0.2) is 5.03 Å². The van der Waals surface area contributed by atoms with Crippen LogP contribution in [-0.4, -0.2) is 29.0 Å². The molecule has 0 saturated carbocycles. The Balaban J connectivity index is 3.04. The Morgan fingerprint density at radius 3 is 2.56 bits per heavy atom. The van der Waals surface area contributed by atoms with Crippen molar-refractivity contribution in [1.29, 1.82) is 0 Å². The van der Waals surface area contributed by atoms with E-state index in [-0.39, 0.29) is 24.2 Å². The van der Waals surface area contributed by atoms with Crippen LogP contribution in [0.1, 0.15) is 12.1 Å². The van der Waals surface area contributed by atoms with Crippen molar-refractivity contribution in [3.05, 3.63) is 17.8 Å². The summed E-state index contributed by atoms with van der Waals surface area (Å²) >= 11 is 0. The molecule has 0 radical (unpaired) electrons. The molecule has 88 valence electrons. The molecule has 0 aliphatic heterocycles. The van der Waals surface area contributed by atoms with Crippen molar-refractivity contribution in [1.82, 2.24) is 4.98 Å². The molecule has 0 saturated heterocycles. The van der Waals surface area contributed by atoms with Crippen LogP contribution < -0.4 is 5.73 Å². The Kier molecular flexibility index (Phi) is 3.45. The van der Waals surface area contributed by atoms with Gasteiger partial charge in [0, 0.05) is 23.9 Å². The number of nitrogen functional groups attached to an aromatic ring is 1. The molecule has 0 aliphatic carbocycles. The molecule has 8 heteroatoms. The van der Waals surface area contributed by atoms with Gasteiger partial charge in [0.05, 0.1) is 6.42 Å². The first kappa shape index (κ1) is 12.4. The second kappa shape index (κ2) is 4.45. The van der Waals surface area contributed by atoms with Gasteiger partial charge in [0.1, 0.15) is 0 Å². The summed E-state index contributed by atoms with van der Waals surface area (Å²) in [7, 11) is -4.42. The lowest BCUT2D eigenvalue weighted by molar-refractivity contribution is -0.136. The van der Waals surface area contributed by atoms with Gasteiger partial charge in [-0.3, -0.25) is 9.35 Å². The Bertz CT molecular complexity index is 511. The molecule has 1 heterocycles. The fraction of sp³-hybridized carbons (Fsp3) is 0.250. The Morgan fingerprint density at radius 1 is 1.44 bits per heavy atom. The minimum Gasteiger partial charge on any atom is -0.481 e. The van der Waals surface area contributed by atoms with Gasteiger partial charge in [-0.2, -0.15) is 8.42 Å². The summed E-state index contributed by atoms with van der Waals surface area (Å²) in [6, 6.07) is 2.36. The van der Waals surface area contributed by atoms with Crippen LogP contribution in [-0.2, 0) is 21.3 Å². The Morgan fingerprint density at radius 2 is 2.06 bits per heavy atom. The maximum absolute atomic E-state index is 10.8. The summed E-state index contributed by atoms with van der Waals surface area (Å²) in [6.07, 6.45) is -0.149. The van der Waals surface area contributed by atoms with Crippen LogP contribution in [0, 0.1) is 0 Å². The van der Waals surface area contributed by atoms with E-state index in [4.69, 9.17) is 15.4 Å². The zero-order valence-electron chi connectivity index (χ0n) is 8.12. The van der Waals surface area contributed by atoms with Crippen molar-refractivity contribution in [3.63, 3.8) is 0 Å². The predicted molar refractivity (Wildman–Crippen MR) is 54.4 cm³/mol. The summed E-state index contributed by atoms with van der Waals surface area (Å²) in [5.74, 6) is -1.03. The monoisotopic (exact) mass is 246 g/mol. The molecule has 7 nitrogen and oxygen atoms in total. The molecule has 0 amide bonds. The fourth-order valence-corrected chi connectivity index (χ4v) is 1.60. The van der Waals surface area contributed by atoms with Crippen molar-refractivity contribution in [2.24, 2.45) is 0 Å². The molecule has 0 atom stereocenters. The zero-order chi connectivity index (χ0) is 12.3. The normalized spacial score (nSPS) is 11.3. The van der Waals surface area contributed by atoms with E-state index < -0.39 is 21.1 Å². The zero-order valence-corrected chi connectivity index (χ0v) is 8.94. The van der Waals surface area contributed by atoms with E-state index in [0.29, 0.717) is 0 Å². The van der Waals surface area contributed by atoms with Crippen molar-refractivity contribution in [2.45, 2.75) is 17.9 Å². The molecule has 4 N–H and O–H groups in total. The molecule has 1 rings (SSSR count). The number of carboxylic acid groups (broad SMARTS) is 1. The maximum atomic E-state index is 10.8. The van der Waals surface area contributed by atoms with E-state index in [0.717, 1.165) is 6.07 Å². The Hall–Kier alpha value is -1.67. The highest BCUT2D eigenvalue weighted by Crippen LogP contribution is 2.13. The standard InChI is InChI=1S/C8H10N2O5S/c9-5-3-6(1-2-8(11)12)10-7(4-5)16(13,14)15/h3-4H,1-2H2,(H2,9,10)(H,11,12)(H,13,14,15). The number of aliphatic carboxylic acids is 1. The maximum Gasteiger partial charge on any atom is 0.312 e. The number of aromatic nitrogens is 1. The number of pyridine rings is 1. The molecule has 0 bridgehead atoms. The van der Waals surface area contributed by atoms with Gasteiger partial charge >= 0.3 is 16.1 Å².